The van der Waals surface area contributed by atoms with Gasteiger partial charge in [0.25, 0.3) is 11.8 Å². The van der Waals surface area contributed by atoms with E-state index < -0.39 is 15.8 Å². The third-order valence-corrected chi connectivity index (χ3v) is 3.86. The molecular formula is C17H18FN3O4S. The van der Waals surface area contributed by atoms with Gasteiger partial charge in [0.15, 0.2) is 0 Å². The molecule has 0 spiro atoms. The standard InChI is InChI=1S/C17H18FN3O4S/c1-26(24,25)21-15-8-4-13(5-9-15)17(23)20-11-10-19-16(22)12-2-6-14(18)7-3-12/h2-9,21H,10-11H2,1H3,(H,19,22)(H,20,23). The SMILES string of the molecule is CS(=O)(=O)Nc1ccc(C(=O)NCCNC(=O)c2ccc(F)cc2)cc1. The Hall–Kier alpha value is -2.94. The molecule has 0 bridgehead atoms. The van der Waals surface area contributed by atoms with Gasteiger partial charge in [0.1, 0.15) is 5.82 Å². The first-order chi connectivity index (χ1) is 12.2. The molecule has 0 saturated heterocycles. The van der Waals surface area contributed by atoms with Gasteiger partial charge in [-0.15, -0.1) is 0 Å². The van der Waals surface area contributed by atoms with Crippen molar-refractivity contribution in [2.24, 2.45) is 0 Å². The number of carbonyl (C=O) groups is 2. The lowest BCUT2D eigenvalue weighted by Crippen LogP contribution is -2.34. The van der Waals surface area contributed by atoms with Gasteiger partial charge in [-0.25, -0.2) is 12.8 Å². The van der Waals surface area contributed by atoms with Gasteiger partial charge in [-0.2, -0.15) is 0 Å². The molecule has 0 atom stereocenters. The van der Waals surface area contributed by atoms with E-state index in [1.165, 1.54) is 48.5 Å². The van der Waals surface area contributed by atoms with Crippen molar-refractivity contribution in [3.8, 4) is 0 Å². The molecule has 2 rings (SSSR count). The summed E-state index contributed by atoms with van der Waals surface area (Å²) in [6, 6.07) is 11.1. The summed E-state index contributed by atoms with van der Waals surface area (Å²) in [7, 11) is -3.37. The average Bonchev–Trinajstić information content (AvgIpc) is 2.58. The van der Waals surface area contributed by atoms with E-state index in [-0.39, 0.29) is 24.9 Å². The maximum Gasteiger partial charge on any atom is 0.251 e. The average molecular weight is 379 g/mol. The van der Waals surface area contributed by atoms with Crippen molar-refractivity contribution >= 4 is 27.5 Å². The molecule has 0 unspecified atom stereocenters. The third-order valence-electron chi connectivity index (χ3n) is 3.25. The van der Waals surface area contributed by atoms with E-state index in [0.717, 1.165) is 6.26 Å². The molecule has 0 saturated carbocycles. The first-order valence-electron chi connectivity index (χ1n) is 7.64. The Kier molecular flexibility index (Phi) is 6.29. The molecule has 0 aliphatic rings. The fraction of sp³-hybridized carbons (Fsp3) is 0.176. The molecular weight excluding hydrogens is 361 g/mol. The van der Waals surface area contributed by atoms with Crippen molar-refractivity contribution in [3.05, 3.63) is 65.5 Å². The van der Waals surface area contributed by atoms with Crippen LogP contribution < -0.4 is 15.4 Å². The fourth-order valence-corrected chi connectivity index (χ4v) is 2.63. The molecule has 138 valence electrons. The molecule has 0 radical (unpaired) electrons. The van der Waals surface area contributed by atoms with Crippen LogP contribution in [0.3, 0.4) is 0 Å². The largest absolute Gasteiger partial charge is 0.350 e. The van der Waals surface area contributed by atoms with Crippen LogP contribution in [-0.4, -0.2) is 39.6 Å². The van der Waals surface area contributed by atoms with Crippen LogP contribution in [0.5, 0.6) is 0 Å². The van der Waals surface area contributed by atoms with E-state index in [4.69, 9.17) is 0 Å². The minimum atomic E-state index is -3.37. The lowest BCUT2D eigenvalue weighted by molar-refractivity contribution is 0.0927. The summed E-state index contributed by atoms with van der Waals surface area (Å²) in [4.78, 5) is 23.8. The Morgan fingerprint density at radius 3 is 1.69 bits per heavy atom. The van der Waals surface area contributed by atoms with Gasteiger partial charge in [0.05, 0.1) is 6.26 Å². The lowest BCUT2D eigenvalue weighted by atomic mass is 10.2. The number of halogens is 1. The van der Waals surface area contributed by atoms with Gasteiger partial charge in [0, 0.05) is 29.9 Å². The summed E-state index contributed by atoms with van der Waals surface area (Å²) in [6.07, 6.45) is 1.04. The zero-order chi connectivity index (χ0) is 19.2. The van der Waals surface area contributed by atoms with Gasteiger partial charge in [-0.05, 0) is 48.5 Å². The van der Waals surface area contributed by atoms with Crippen molar-refractivity contribution < 1.29 is 22.4 Å². The van der Waals surface area contributed by atoms with Gasteiger partial charge < -0.3 is 10.6 Å². The van der Waals surface area contributed by atoms with E-state index in [1.807, 2.05) is 0 Å². The summed E-state index contributed by atoms with van der Waals surface area (Å²) in [5.41, 5.74) is 1.04. The summed E-state index contributed by atoms with van der Waals surface area (Å²) in [5.74, 6) is -1.14. The quantitative estimate of drug-likeness (QED) is 0.632. The van der Waals surface area contributed by atoms with Gasteiger partial charge >= 0.3 is 0 Å². The van der Waals surface area contributed by atoms with E-state index in [0.29, 0.717) is 16.8 Å². The Labute approximate surface area is 150 Å². The minimum absolute atomic E-state index is 0.203. The van der Waals surface area contributed by atoms with Gasteiger partial charge in [-0.3, -0.25) is 14.3 Å². The monoisotopic (exact) mass is 379 g/mol. The van der Waals surface area contributed by atoms with Crippen molar-refractivity contribution in [2.75, 3.05) is 24.1 Å². The van der Waals surface area contributed by atoms with Gasteiger partial charge in [-0.1, -0.05) is 0 Å². The number of amides is 2. The zero-order valence-electron chi connectivity index (χ0n) is 14.0. The van der Waals surface area contributed by atoms with Crippen molar-refractivity contribution in [1.29, 1.82) is 0 Å². The predicted molar refractivity (Wildman–Crippen MR) is 96.0 cm³/mol. The maximum absolute atomic E-state index is 12.8. The molecule has 9 heteroatoms. The van der Waals surface area contributed by atoms with Crippen molar-refractivity contribution in [2.45, 2.75) is 0 Å². The Bertz CT molecular complexity index is 881. The highest BCUT2D eigenvalue weighted by atomic mass is 32.2. The van der Waals surface area contributed by atoms with Gasteiger partial charge in [0.2, 0.25) is 10.0 Å². The molecule has 26 heavy (non-hydrogen) atoms. The Morgan fingerprint density at radius 2 is 1.27 bits per heavy atom. The summed E-state index contributed by atoms with van der Waals surface area (Å²) in [5, 5.41) is 5.24. The smallest absolute Gasteiger partial charge is 0.251 e. The van der Waals surface area contributed by atoms with E-state index >= 15 is 0 Å². The minimum Gasteiger partial charge on any atom is -0.350 e. The second-order valence-electron chi connectivity index (χ2n) is 5.47. The summed E-state index contributed by atoms with van der Waals surface area (Å²) in [6.45, 7) is 0.408. The second kappa shape index (κ2) is 8.43. The highest BCUT2D eigenvalue weighted by Crippen LogP contribution is 2.10. The molecule has 0 heterocycles. The number of sulfonamides is 1. The number of anilines is 1. The highest BCUT2D eigenvalue weighted by Gasteiger charge is 2.08. The number of benzene rings is 2. The fourth-order valence-electron chi connectivity index (χ4n) is 2.06. The highest BCUT2D eigenvalue weighted by molar-refractivity contribution is 7.92. The van der Waals surface area contributed by atoms with Crippen LogP contribution in [0.25, 0.3) is 0 Å². The molecule has 3 N–H and O–H groups in total. The normalized spacial score (nSPS) is 10.8. The Morgan fingerprint density at radius 1 is 0.846 bits per heavy atom. The number of rotatable bonds is 7. The molecule has 0 aliphatic heterocycles. The first kappa shape index (κ1) is 19.4. The summed E-state index contributed by atoms with van der Waals surface area (Å²) < 4.78 is 37.3. The molecule has 2 amide bonds. The zero-order valence-corrected chi connectivity index (χ0v) is 14.8. The van der Waals surface area contributed by atoms with Crippen LogP contribution in [0.1, 0.15) is 20.7 Å². The van der Waals surface area contributed by atoms with E-state index in [9.17, 15) is 22.4 Å². The lowest BCUT2D eigenvalue weighted by Gasteiger charge is -2.08. The van der Waals surface area contributed by atoms with Crippen LogP contribution in [-0.2, 0) is 10.0 Å². The van der Waals surface area contributed by atoms with Crippen LogP contribution >= 0.6 is 0 Å². The number of hydrogen-bond acceptors (Lipinski definition) is 4. The van der Waals surface area contributed by atoms with Crippen molar-refractivity contribution in [3.63, 3.8) is 0 Å². The summed E-state index contributed by atoms with van der Waals surface area (Å²) >= 11 is 0. The van der Waals surface area contributed by atoms with E-state index in [2.05, 4.69) is 15.4 Å². The molecule has 7 nitrogen and oxygen atoms in total. The Balaban J connectivity index is 1.78. The van der Waals surface area contributed by atoms with E-state index in [1.54, 1.807) is 0 Å². The topological polar surface area (TPSA) is 104 Å². The predicted octanol–water partition coefficient (Wildman–Crippen LogP) is 1.36. The number of hydrogen-bond donors (Lipinski definition) is 3. The first-order valence-corrected chi connectivity index (χ1v) is 9.53. The molecule has 0 aliphatic carbocycles. The number of nitrogens with one attached hydrogen (secondary N) is 3. The number of carbonyl (C=O) groups excluding carboxylic acids is 2. The third kappa shape index (κ3) is 6.17. The molecule has 0 fully saturated rings. The van der Waals surface area contributed by atoms with Crippen LogP contribution in [0, 0.1) is 5.82 Å². The van der Waals surface area contributed by atoms with Crippen LogP contribution in [0.2, 0.25) is 0 Å². The molecule has 0 aromatic heterocycles. The molecule has 2 aromatic rings. The van der Waals surface area contributed by atoms with Crippen LogP contribution in [0.4, 0.5) is 10.1 Å². The molecule has 2 aromatic carbocycles. The van der Waals surface area contributed by atoms with Crippen LogP contribution in [0.15, 0.2) is 48.5 Å². The van der Waals surface area contributed by atoms with Crippen molar-refractivity contribution in [1.82, 2.24) is 10.6 Å². The second-order valence-corrected chi connectivity index (χ2v) is 7.22. The maximum atomic E-state index is 12.8.